The summed E-state index contributed by atoms with van der Waals surface area (Å²) in [6, 6.07) is 9.58. The maximum atomic E-state index is 6.27. The Hall–Kier alpha value is -1.74. The van der Waals surface area contributed by atoms with Gasteiger partial charge in [-0.3, -0.25) is 4.99 Å². The number of nitrogens with one attached hydrogen (secondary N) is 2. The Morgan fingerprint density at radius 3 is 2.70 bits per heavy atom. The zero-order valence-corrected chi connectivity index (χ0v) is 18.9. The Kier molecular flexibility index (Phi) is 10.9. The summed E-state index contributed by atoms with van der Waals surface area (Å²) in [6.07, 6.45) is 2.50. The summed E-state index contributed by atoms with van der Waals surface area (Å²) in [4.78, 5) is 8.49. The van der Waals surface area contributed by atoms with Gasteiger partial charge < -0.3 is 20.1 Å². The number of hydrogen-bond acceptors (Lipinski definition) is 4. The number of hydrogen-bond donors (Lipinski definition) is 2. The lowest BCUT2D eigenvalue weighted by Gasteiger charge is -2.14. The molecule has 0 aliphatic carbocycles. The normalized spacial score (nSPS) is 10.7. The molecule has 6 nitrogen and oxygen atoms in total. The maximum absolute atomic E-state index is 6.27. The molecule has 2 rings (SSSR count). The Morgan fingerprint density at radius 1 is 1.22 bits per heavy atom. The van der Waals surface area contributed by atoms with Crippen molar-refractivity contribution in [3.63, 3.8) is 0 Å². The van der Waals surface area contributed by atoms with Crippen molar-refractivity contribution in [3.8, 4) is 11.6 Å². The summed E-state index contributed by atoms with van der Waals surface area (Å²) in [5, 5.41) is 7.25. The number of nitrogens with zero attached hydrogens (tertiary/aromatic N) is 2. The smallest absolute Gasteiger partial charge is 0.218 e. The molecule has 1 heterocycles. The van der Waals surface area contributed by atoms with E-state index in [0.717, 1.165) is 23.3 Å². The number of benzene rings is 1. The van der Waals surface area contributed by atoms with Crippen molar-refractivity contribution < 1.29 is 9.47 Å². The molecule has 1 aromatic heterocycles. The van der Waals surface area contributed by atoms with Gasteiger partial charge in [0.15, 0.2) is 5.96 Å². The van der Waals surface area contributed by atoms with E-state index in [1.54, 1.807) is 20.4 Å². The van der Waals surface area contributed by atoms with Gasteiger partial charge in [-0.1, -0.05) is 23.7 Å². The molecule has 0 radical (unpaired) electrons. The van der Waals surface area contributed by atoms with Crippen LogP contribution in [0.1, 0.15) is 18.1 Å². The van der Waals surface area contributed by atoms with Crippen LogP contribution >= 0.6 is 35.6 Å². The molecular weight excluding hydrogens is 479 g/mol. The molecule has 27 heavy (non-hydrogen) atoms. The summed E-state index contributed by atoms with van der Waals surface area (Å²) in [5.74, 6) is 2.11. The molecule has 0 amide bonds. The molecule has 2 N–H and O–H groups in total. The highest BCUT2D eigenvalue weighted by atomic mass is 127. The van der Waals surface area contributed by atoms with Gasteiger partial charge >= 0.3 is 0 Å². The second-order valence-corrected chi connectivity index (χ2v) is 5.87. The van der Waals surface area contributed by atoms with Gasteiger partial charge in [-0.15, -0.1) is 24.0 Å². The first-order chi connectivity index (χ1) is 12.7. The molecule has 0 aliphatic heterocycles. The van der Waals surface area contributed by atoms with Crippen LogP contribution in [0.15, 0.2) is 41.5 Å². The molecule has 0 atom stereocenters. The Bertz CT molecular complexity index is 743. The molecule has 0 spiro atoms. The first kappa shape index (κ1) is 23.3. The molecule has 0 aliphatic rings. The van der Waals surface area contributed by atoms with Gasteiger partial charge in [0.25, 0.3) is 0 Å². The lowest BCUT2D eigenvalue weighted by molar-refractivity contribution is 0.322. The largest absolute Gasteiger partial charge is 0.497 e. The number of pyridine rings is 1. The predicted octanol–water partition coefficient (Wildman–Crippen LogP) is 3.67. The fourth-order valence-corrected chi connectivity index (χ4v) is 2.66. The van der Waals surface area contributed by atoms with Crippen molar-refractivity contribution in [1.82, 2.24) is 15.6 Å². The summed E-state index contributed by atoms with van der Waals surface area (Å²) < 4.78 is 10.7. The lowest BCUT2D eigenvalue weighted by Crippen LogP contribution is -2.38. The van der Waals surface area contributed by atoms with Crippen molar-refractivity contribution in [1.29, 1.82) is 0 Å². The van der Waals surface area contributed by atoms with Crippen LogP contribution in [-0.4, -0.2) is 38.3 Å². The minimum Gasteiger partial charge on any atom is -0.497 e. The Morgan fingerprint density at radius 2 is 2.04 bits per heavy atom. The van der Waals surface area contributed by atoms with Crippen LogP contribution in [-0.2, 0) is 13.0 Å². The number of aliphatic imine (C=N–C) groups is 1. The van der Waals surface area contributed by atoms with Gasteiger partial charge in [0.2, 0.25) is 5.88 Å². The van der Waals surface area contributed by atoms with Crippen LogP contribution in [0.3, 0.4) is 0 Å². The van der Waals surface area contributed by atoms with Gasteiger partial charge in [0.1, 0.15) is 5.75 Å². The van der Waals surface area contributed by atoms with E-state index in [1.807, 2.05) is 37.3 Å². The van der Waals surface area contributed by atoms with Crippen molar-refractivity contribution in [2.75, 3.05) is 27.3 Å². The fraction of sp³-hybridized carbons (Fsp3) is 0.368. The predicted molar refractivity (Wildman–Crippen MR) is 121 cm³/mol. The van der Waals surface area contributed by atoms with E-state index >= 15 is 0 Å². The van der Waals surface area contributed by atoms with E-state index in [0.29, 0.717) is 36.6 Å². The van der Waals surface area contributed by atoms with E-state index in [1.165, 1.54) is 0 Å². The van der Waals surface area contributed by atoms with Crippen molar-refractivity contribution in [3.05, 3.63) is 52.7 Å². The van der Waals surface area contributed by atoms with E-state index in [4.69, 9.17) is 21.1 Å². The zero-order chi connectivity index (χ0) is 18.8. The summed E-state index contributed by atoms with van der Waals surface area (Å²) in [6.45, 7) is 3.81. The van der Waals surface area contributed by atoms with Crippen LogP contribution in [0.2, 0.25) is 5.02 Å². The average molecular weight is 505 g/mol. The Balaban J connectivity index is 0.00000364. The van der Waals surface area contributed by atoms with Crippen molar-refractivity contribution in [2.24, 2.45) is 4.99 Å². The third-order valence-electron chi connectivity index (χ3n) is 3.75. The van der Waals surface area contributed by atoms with Crippen LogP contribution in [0, 0.1) is 0 Å². The molecule has 0 saturated heterocycles. The molecule has 2 aromatic rings. The summed E-state index contributed by atoms with van der Waals surface area (Å²) in [5.41, 5.74) is 2.04. The molecule has 0 saturated carbocycles. The molecule has 0 bridgehead atoms. The Labute approximate surface area is 182 Å². The standard InChI is InChI=1S/C19H25ClN4O2.HI/c1-4-26-18-15(6-5-10-22-18)13-24-19(21-2)23-11-9-14-7-8-16(25-3)12-17(14)20;/h5-8,10,12H,4,9,11,13H2,1-3H3,(H2,21,23,24);1H. The fourth-order valence-electron chi connectivity index (χ4n) is 2.40. The SMILES string of the molecule is CCOc1ncccc1CNC(=NC)NCCc1ccc(OC)cc1Cl.I. The second-order valence-electron chi connectivity index (χ2n) is 5.46. The first-order valence-electron chi connectivity index (χ1n) is 8.51. The van der Waals surface area contributed by atoms with E-state index in [2.05, 4.69) is 20.6 Å². The van der Waals surface area contributed by atoms with Crippen LogP contribution < -0.4 is 20.1 Å². The van der Waals surface area contributed by atoms with Gasteiger partial charge in [-0.05, 0) is 37.1 Å². The minimum atomic E-state index is 0. The molecule has 1 aromatic carbocycles. The second kappa shape index (κ2) is 12.6. The zero-order valence-electron chi connectivity index (χ0n) is 15.8. The van der Waals surface area contributed by atoms with Crippen molar-refractivity contribution in [2.45, 2.75) is 19.9 Å². The van der Waals surface area contributed by atoms with E-state index < -0.39 is 0 Å². The monoisotopic (exact) mass is 504 g/mol. The first-order valence-corrected chi connectivity index (χ1v) is 8.89. The summed E-state index contributed by atoms with van der Waals surface area (Å²) >= 11 is 6.27. The quantitative estimate of drug-likeness (QED) is 0.326. The van der Waals surface area contributed by atoms with Crippen LogP contribution in [0.25, 0.3) is 0 Å². The topological polar surface area (TPSA) is 67.8 Å². The molecule has 0 fully saturated rings. The van der Waals surface area contributed by atoms with Crippen molar-refractivity contribution >= 4 is 41.5 Å². The minimum absolute atomic E-state index is 0. The highest BCUT2D eigenvalue weighted by Crippen LogP contribution is 2.22. The van der Waals surface area contributed by atoms with Gasteiger partial charge in [0, 0.05) is 36.9 Å². The molecule has 8 heteroatoms. The van der Waals surface area contributed by atoms with Gasteiger partial charge in [-0.25, -0.2) is 4.98 Å². The van der Waals surface area contributed by atoms with E-state index in [-0.39, 0.29) is 24.0 Å². The number of rotatable bonds is 8. The van der Waals surface area contributed by atoms with Crippen LogP contribution in [0.5, 0.6) is 11.6 Å². The average Bonchev–Trinajstić information content (AvgIpc) is 2.66. The third kappa shape index (κ3) is 7.42. The molecule has 148 valence electrons. The number of ether oxygens (including phenoxy) is 2. The number of guanidine groups is 1. The number of halogens is 2. The van der Waals surface area contributed by atoms with Crippen LogP contribution in [0.4, 0.5) is 0 Å². The highest BCUT2D eigenvalue weighted by molar-refractivity contribution is 14.0. The summed E-state index contributed by atoms with van der Waals surface area (Å²) in [7, 11) is 3.37. The maximum Gasteiger partial charge on any atom is 0.218 e. The molecular formula is C19H26ClIN4O2. The molecule has 0 unspecified atom stereocenters. The highest BCUT2D eigenvalue weighted by Gasteiger charge is 2.06. The van der Waals surface area contributed by atoms with E-state index in [9.17, 15) is 0 Å². The lowest BCUT2D eigenvalue weighted by atomic mass is 10.1. The number of aromatic nitrogens is 1. The van der Waals surface area contributed by atoms with Gasteiger partial charge in [0.05, 0.1) is 13.7 Å². The number of methoxy groups -OCH3 is 1. The van der Waals surface area contributed by atoms with Gasteiger partial charge in [-0.2, -0.15) is 0 Å². The third-order valence-corrected chi connectivity index (χ3v) is 4.10.